The van der Waals surface area contributed by atoms with Gasteiger partial charge >= 0.3 is 0 Å². The van der Waals surface area contributed by atoms with E-state index in [-0.39, 0.29) is 6.10 Å². The fraction of sp³-hybridized carbons (Fsp3) is 0.235. The molecule has 0 bridgehead atoms. The number of aliphatic hydroxyl groups is 1. The molecule has 1 heterocycles. The molecule has 3 aromatic rings. The molecule has 0 saturated heterocycles. The number of nitrogens with zero attached hydrogens (tertiary/aromatic N) is 1. The summed E-state index contributed by atoms with van der Waals surface area (Å²) in [6.07, 6.45) is 0.934. The Balaban J connectivity index is 2.09. The third-order valence-electron chi connectivity index (χ3n) is 3.47. The number of oxazole rings is 1. The molecule has 0 aliphatic carbocycles. The van der Waals surface area contributed by atoms with Crippen LogP contribution in [-0.2, 0) is 6.42 Å². The van der Waals surface area contributed by atoms with Gasteiger partial charge in [0.1, 0.15) is 5.52 Å². The van der Waals surface area contributed by atoms with Crippen molar-refractivity contribution in [3.8, 4) is 11.5 Å². The average Bonchev–Trinajstić information content (AvgIpc) is 2.88. The van der Waals surface area contributed by atoms with Crippen molar-refractivity contribution in [3.05, 3.63) is 52.0 Å². The van der Waals surface area contributed by atoms with Gasteiger partial charge in [0.2, 0.25) is 5.89 Å². The Kier molecular flexibility index (Phi) is 4.39. The zero-order chi connectivity index (χ0) is 15.7. The van der Waals surface area contributed by atoms with Gasteiger partial charge in [-0.15, -0.1) is 0 Å². The number of aryl methyl sites for hydroxylation is 1. The molecule has 0 radical (unpaired) electrons. The first-order valence-corrected chi connectivity index (χ1v) is 7.82. The molecular weight excluding hydrogens is 321 g/mol. The quantitative estimate of drug-likeness (QED) is 0.720. The summed E-state index contributed by atoms with van der Waals surface area (Å²) in [5, 5.41) is 10.7. The number of fused-ring (bicyclic) bond motifs is 1. The van der Waals surface area contributed by atoms with Gasteiger partial charge in [0.25, 0.3) is 0 Å². The third-order valence-corrected chi connectivity index (χ3v) is 4.02. The highest BCUT2D eigenvalue weighted by Gasteiger charge is 2.15. The zero-order valence-corrected chi connectivity index (χ0v) is 13.5. The lowest BCUT2D eigenvalue weighted by molar-refractivity contribution is 0.185. The van der Waals surface area contributed by atoms with Crippen LogP contribution in [0.4, 0.5) is 0 Å². The van der Waals surface area contributed by atoms with E-state index in [4.69, 9.17) is 27.6 Å². The number of hydrogen-bond donors (Lipinski definition) is 1. The third kappa shape index (κ3) is 3.12. The van der Waals surface area contributed by atoms with Gasteiger partial charge in [-0.3, -0.25) is 0 Å². The number of aliphatic hydroxyl groups excluding tert-OH is 1. The topological polar surface area (TPSA) is 46.3 Å². The molecule has 3 rings (SSSR count). The van der Waals surface area contributed by atoms with Crippen LogP contribution in [0.1, 0.15) is 18.9 Å². The minimum atomic E-state index is -0.375. The predicted molar refractivity (Wildman–Crippen MR) is 89.5 cm³/mol. The van der Waals surface area contributed by atoms with E-state index in [2.05, 4.69) is 4.98 Å². The Labute approximate surface area is 138 Å². The average molecular weight is 336 g/mol. The van der Waals surface area contributed by atoms with E-state index in [1.807, 2.05) is 24.3 Å². The molecule has 1 atom stereocenters. The van der Waals surface area contributed by atoms with Crippen LogP contribution < -0.4 is 0 Å². The van der Waals surface area contributed by atoms with E-state index in [9.17, 15) is 5.11 Å². The Morgan fingerprint density at radius 1 is 1.23 bits per heavy atom. The zero-order valence-electron chi connectivity index (χ0n) is 12.0. The van der Waals surface area contributed by atoms with Crippen LogP contribution in [0.3, 0.4) is 0 Å². The van der Waals surface area contributed by atoms with E-state index in [1.165, 1.54) is 0 Å². The van der Waals surface area contributed by atoms with Crippen molar-refractivity contribution in [1.82, 2.24) is 4.98 Å². The molecule has 2 aromatic carbocycles. The second-order valence-corrected chi connectivity index (χ2v) is 6.14. The molecule has 1 N–H and O–H groups in total. The summed E-state index contributed by atoms with van der Waals surface area (Å²) in [5.74, 6) is 0.473. The Morgan fingerprint density at radius 3 is 2.73 bits per heavy atom. The first kappa shape index (κ1) is 15.3. The van der Waals surface area contributed by atoms with Crippen LogP contribution in [0.5, 0.6) is 0 Å². The molecule has 0 saturated carbocycles. The highest BCUT2D eigenvalue weighted by molar-refractivity contribution is 6.33. The lowest BCUT2D eigenvalue weighted by Crippen LogP contribution is -2.01. The van der Waals surface area contributed by atoms with Crippen molar-refractivity contribution >= 4 is 34.3 Å². The maximum atomic E-state index is 9.48. The highest BCUT2D eigenvalue weighted by atomic mass is 35.5. The van der Waals surface area contributed by atoms with E-state index < -0.39 is 0 Å². The number of halogens is 2. The number of benzene rings is 2. The maximum absolute atomic E-state index is 9.48. The number of hydrogen-bond acceptors (Lipinski definition) is 3. The van der Waals surface area contributed by atoms with Gasteiger partial charge in [-0.1, -0.05) is 35.3 Å². The number of aromatic nitrogens is 1. The lowest BCUT2D eigenvalue weighted by atomic mass is 10.1. The number of rotatable bonds is 4. The lowest BCUT2D eigenvalue weighted by Gasteiger charge is -2.05. The second kappa shape index (κ2) is 6.29. The minimum Gasteiger partial charge on any atom is -0.436 e. The first-order chi connectivity index (χ1) is 10.5. The van der Waals surface area contributed by atoms with Crippen LogP contribution in [0.25, 0.3) is 22.6 Å². The molecule has 1 aromatic heterocycles. The van der Waals surface area contributed by atoms with Crippen molar-refractivity contribution in [2.45, 2.75) is 25.9 Å². The van der Waals surface area contributed by atoms with Crippen LogP contribution in [0.2, 0.25) is 10.0 Å². The van der Waals surface area contributed by atoms with E-state index >= 15 is 0 Å². The molecule has 0 aliphatic rings. The summed E-state index contributed by atoms with van der Waals surface area (Å²) in [6, 6.07) is 11.0. The molecule has 114 valence electrons. The van der Waals surface area contributed by atoms with Crippen molar-refractivity contribution in [2.24, 2.45) is 0 Å². The standard InChI is InChI=1S/C17H15Cl2NO2/c1-10(21)6-7-11-8-12(18)9-15-16(11)22-17(20-15)13-4-2-3-5-14(13)19/h2-5,8-10,21H,6-7H2,1H3/t10-/m0/s1. The molecule has 0 spiro atoms. The Bertz CT molecular complexity index is 812. The van der Waals surface area contributed by atoms with Crippen LogP contribution in [-0.4, -0.2) is 16.2 Å². The van der Waals surface area contributed by atoms with Crippen LogP contribution >= 0.6 is 23.2 Å². The molecule has 0 aliphatic heterocycles. The summed E-state index contributed by atoms with van der Waals surface area (Å²) >= 11 is 12.4. The molecule has 22 heavy (non-hydrogen) atoms. The minimum absolute atomic E-state index is 0.375. The fourth-order valence-corrected chi connectivity index (χ4v) is 2.82. The SMILES string of the molecule is C[C@H](O)CCc1cc(Cl)cc2nc(-c3ccccc3Cl)oc12. The van der Waals surface area contributed by atoms with E-state index in [0.717, 1.165) is 11.1 Å². The summed E-state index contributed by atoms with van der Waals surface area (Å²) in [4.78, 5) is 4.49. The molecule has 0 fully saturated rings. The van der Waals surface area contributed by atoms with Gasteiger partial charge in [-0.2, -0.15) is 0 Å². The summed E-state index contributed by atoms with van der Waals surface area (Å²) in [6.45, 7) is 1.76. The van der Waals surface area contributed by atoms with Crippen LogP contribution in [0.15, 0.2) is 40.8 Å². The van der Waals surface area contributed by atoms with Gasteiger partial charge in [-0.05, 0) is 49.6 Å². The van der Waals surface area contributed by atoms with Crippen molar-refractivity contribution in [3.63, 3.8) is 0 Å². The van der Waals surface area contributed by atoms with Gasteiger partial charge in [-0.25, -0.2) is 4.98 Å². The maximum Gasteiger partial charge on any atom is 0.228 e. The molecule has 5 heteroatoms. The van der Waals surface area contributed by atoms with Crippen molar-refractivity contribution < 1.29 is 9.52 Å². The Morgan fingerprint density at radius 2 is 2.00 bits per heavy atom. The fourth-order valence-electron chi connectivity index (χ4n) is 2.36. The molecule has 3 nitrogen and oxygen atoms in total. The van der Waals surface area contributed by atoms with Gasteiger partial charge in [0, 0.05) is 5.02 Å². The summed E-state index contributed by atoms with van der Waals surface area (Å²) in [5.41, 5.74) is 3.08. The van der Waals surface area contributed by atoms with Crippen LogP contribution in [0, 0.1) is 0 Å². The first-order valence-electron chi connectivity index (χ1n) is 7.06. The smallest absolute Gasteiger partial charge is 0.228 e. The monoisotopic (exact) mass is 335 g/mol. The Hall–Kier alpha value is -1.55. The molecule has 0 unspecified atom stereocenters. The second-order valence-electron chi connectivity index (χ2n) is 5.30. The van der Waals surface area contributed by atoms with Gasteiger partial charge in [0.15, 0.2) is 5.58 Å². The van der Waals surface area contributed by atoms with Crippen molar-refractivity contribution in [1.29, 1.82) is 0 Å². The van der Waals surface area contributed by atoms with Gasteiger partial charge < -0.3 is 9.52 Å². The highest BCUT2D eigenvalue weighted by Crippen LogP contribution is 2.33. The summed E-state index contributed by atoms with van der Waals surface area (Å²) < 4.78 is 5.92. The summed E-state index contributed by atoms with van der Waals surface area (Å²) in [7, 11) is 0. The predicted octanol–water partition coefficient (Wildman–Crippen LogP) is 5.12. The largest absolute Gasteiger partial charge is 0.436 e. The van der Waals surface area contributed by atoms with Crippen molar-refractivity contribution in [2.75, 3.05) is 0 Å². The normalized spacial score (nSPS) is 12.7. The molecule has 0 amide bonds. The van der Waals surface area contributed by atoms with E-state index in [0.29, 0.717) is 39.9 Å². The molecular formula is C17H15Cl2NO2. The van der Waals surface area contributed by atoms with Gasteiger partial charge in [0.05, 0.1) is 16.7 Å². The van der Waals surface area contributed by atoms with E-state index in [1.54, 1.807) is 19.1 Å².